The highest BCUT2D eigenvalue weighted by Gasteiger charge is 2.26. The van der Waals surface area contributed by atoms with Crippen LogP contribution in [0.2, 0.25) is 0 Å². The maximum absolute atomic E-state index is 6.55. The van der Waals surface area contributed by atoms with Crippen LogP contribution in [0.15, 0.2) is 60.7 Å². The van der Waals surface area contributed by atoms with E-state index in [1.807, 2.05) is 12.1 Å². The van der Waals surface area contributed by atoms with Crippen molar-refractivity contribution < 1.29 is 37.9 Å². The third-order valence-corrected chi connectivity index (χ3v) is 26.2. The molecule has 702 valence electrons. The molecule has 3 aromatic heterocycles. The molecule has 16 heteroatoms. The van der Waals surface area contributed by atoms with E-state index >= 15 is 0 Å². The number of unbranched alkanes of at least 4 members (excludes halogenated alkanes) is 52. The van der Waals surface area contributed by atoms with Crippen LogP contribution in [0.25, 0.3) is 89.7 Å². The Balaban J connectivity index is 1.10. The molecule has 0 saturated heterocycles. The summed E-state index contributed by atoms with van der Waals surface area (Å²) < 4.78 is 46.9. The molecular formula is C110H174N8O8. The zero-order chi connectivity index (χ0) is 88.0. The van der Waals surface area contributed by atoms with Gasteiger partial charge in [-0.2, -0.15) is 0 Å². The summed E-state index contributed by atoms with van der Waals surface area (Å²) >= 11 is 0. The molecule has 4 aromatic carbocycles. The largest absolute Gasteiger partial charge is 0.491 e. The molecule has 16 nitrogen and oxygen atoms in total. The lowest BCUT2D eigenvalue weighted by Gasteiger charge is -2.11. The van der Waals surface area contributed by atoms with Crippen molar-refractivity contribution in [3.8, 4) is 57.1 Å². The van der Waals surface area contributed by atoms with Crippen LogP contribution in [0.4, 0.5) is 0 Å². The number of nitrogens with zero attached hydrogens (tertiary/aromatic N) is 6. The fraction of sp³-hybridized carbons (Fsp3) is 0.709. The van der Waals surface area contributed by atoms with Gasteiger partial charge in [0.15, 0.2) is 23.3 Å². The molecular weight excluding hydrogens is 1560 g/mol. The smallest absolute Gasteiger partial charge is 0.164 e. The fourth-order valence-electron chi connectivity index (χ4n) is 18.5. The molecule has 0 unspecified atom stereocenters. The molecule has 0 aliphatic carbocycles. The number of benzene rings is 4. The van der Waals surface area contributed by atoms with Gasteiger partial charge in [0.05, 0.1) is 66.1 Å². The van der Waals surface area contributed by atoms with Gasteiger partial charge in [-0.05, 0) is 134 Å². The van der Waals surface area contributed by atoms with Crippen molar-refractivity contribution in [3.05, 3.63) is 82.9 Å². The van der Waals surface area contributed by atoms with E-state index in [0.717, 1.165) is 95.2 Å². The van der Waals surface area contributed by atoms with Gasteiger partial charge in [-0.25, -0.2) is 29.9 Å². The molecule has 0 radical (unpaired) electrons. The van der Waals surface area contributed by atoms with E-state index in [0.29, 0.717) is 137 Å². The van der Waals surface area contributed by atoms with Gasteiger partial charge in [0.1, 0.15) is 47.3 Å². The number of aryl methyl sites for hydroxylation is 4. The minimum Gasteiger partial charge on any atom is -0.491 e. The summed E-state index contributed by atoms with van der Waals surface area (Å²) in [7, 11) is 3.37. The van der Waals surface area contributed by atoms with Crippen LogP contribution in [-0.4, -0.2) is 133 Å². The number of aromatic nitrogens is 8. The first-order valence-electron chi connectivity index (χ1n) is 52.4. The van der Waals surface area contributed by atoms with Crippen LogP contribution in [0, 0.1) is 0 Å². The van der Waals surface area contributed by atoms with Crippen molar-refractivity contribution in [2.75, 3.05) is 93.5 Å². The normalized spacial score (nSPS) is 12.0. The first-order chi connectivity index (χ1) is 62.4. The van der Waals surface area contributed by atoms with Crippen molar-refractivity contribution in [3.63, 3.8) is 0 Å². The number of aromatic amines is 2. The first kappa shape index (κ1) is 103. The van der Waals surface area contributed by atoms with Crippen molar-refractivity contribution in [1.82, 2.24) is 39.9 Å². The lowest BCUT2D eigenvalue weighted by atomic mass is 9.94. The van der Waals surface area contributed by atoms with Gasteiger partial charge in [-0.15, -0.1) is 0 Å². The Bertz CT molecular complexity index is 3930. The molecule has 8 bridgehead atoms. The van der Waals surface area contributed by atoms with E-state index in [9.17, 15) is 0 Å². The van der Waals surface area contributed by atoms with E-state index < -0.39 is 0 Å². The van der Waals surface area contributed by atoms with Gasteiger partial charge in [0, 0.05) is 58.0 Å². The lowest BCUT2D eigenvalue weighted by Crippen LogP contribution is -2.12. The van der Waals surface area contributed by atoms with Crippen molar-refractivity contribution in [2.45, 2.75) is 413 Å². The van der Waals surface area contributed by atoms with Crippen molar-refractivity contribution in [1.29, 1.82) is 0 Å². The summed E-state index contributed by atoms with van der Waals surface area (Å²) in [4.78, 5) is 41.7. The summed E-state index contributed by atoms with van der Waals surface area (Å²) in [5.41, 5.74) is 11.9. The van der Waals surface area contributed by atoms with Crippen LogP contribution in [0.5, 0.6) is 11.5 Å². The van der Waals surface area contributed by atoms with Gasteiger partial charge in [0.25, 0.3) is 0 Å². The summed E-state index contributed by atoms with van der Waals surface area (Å²) in [6.07, 6.45) is 78.9. The second-order valence-corrected chi connectivity index (χ2v) is 36.9. The van der Waals surface area contributed by atoms with Crippen molar-refractivity contribution in [2.24, 2.45) is 0 Å². The summed E-state index contributed by atoms with van der Waals surface area (Å²) in [5, 5.41) is 4.08. The maximum atomic E-state index is 6.55. The number of nitrogens with one attached hydrogen (secondary N) is 2. The van der Waals surface area contributed by atoms with Crippen molar-refractivity contribution >= 4 is 44.1 Å². The Hall–Kier alpha value is -6.40. The number of hydrogen-bond donors (Lipinski definition) is 2. The second-order valence-electron chi connectivity index (χ2n) is 36.9. The monoisotopic (exact) mass is 1740 g/mol. The Morgan fingerprint density at radius 1 is 0.206 bits per heavy atom. The topological polar surface area (TPSA) is 183 Å². The van der Waals surface area contributed by atoms with E-state index in [2.05, 4.69) is 86.2 Å². The summed E-state index contributed by atoms with van der Waals surface area (Å²) in [6, 6.07) is 22.3. The first-order valence-corrected chi connectivity index (χ1v) is 52.4. The molecule has 0 amide bonds. The zero-order valence-electron chi connectivity index (χ0n) is 80.6. The van der Waals surface area contributed by atoms with Crippen LogP contribution in [0.1, 0.15) is 410 Å². The molecule has 9 rings (SSSR count). The minimum atomic E-state index is 0.362. The number of hydrogen-bond acceptors (Lipinski definition) is 14. The molecule has 7 aromatic rings. The van der Waals surface area contributed by atoms with Gasteiger partial charge in [-0.1, -0.05) is 362 Å². The molecule has 0 spiro atoms. The van der Waals surface area contributed by atoms with E-state index in [1.54, 1.807) is 14.2 Å². The molecule has 2 aliphatic heterocycles. The number of rotatable bonds is 80. The number of ether oxygens (including phenoxy) is 8. The number of methoxy groups -OCH3 is 2. The van der Waals surface area contributed by atoms with Gasteiger partial charge < -0.3 is 47.9 Å². The molecule has 0 fully saturated rings. The predicted octanol–water partition coefficient (Wildman–Crippen LogP) is 31.1. The van der Waals surface area contributed by atoms with E-state index in [1.165, 1.54) is 356 Å². The number of fused-ring (bicyclic) bond motifs is 20. The standard InChI is InChI=1S/C110H174N8O8/c1-7-11-15-19-23-27-31-35-39-43-47-51-55-59-63-89-83-97-98(84-90(89)64-60-56-52-48-44-40-36-32-28-24-20-16-12-8-2)106-112-104-96-70-68-94(126-82-80-124-78-76-122-74-72-120-6)88-102(96)110(114-104)118-108-100-86-92(66-62-58-54-50-46-42-38-34-30-26-22-18-14-10-4)91(65-61-57-53-49-45-41-37-33-29-25-21-17-13-9-3)85-99(100)107(116-108)117-109-101-87-93(125-81-79-123-77-75-121-73-71-119-5)67-69-95(101)103(113-109)111-105(97)115-106/h67-70,83-88H,7-66,71-82H2,1-6H3,(H2,111,112,113,114,115,116,117,118). The average molecular weight is 1740 g/mol. The third kappa shape index (κ3) is 39.3. The van der Waals surface area contributed by atoms with Gasteiger partial charge in [-0.3, -0.25) is 0 Å². The van der Waals surface area contributed by atoms with Gasteiger partial charge in [0.2, 0.25) is 0 Å². The molecule has 0 atom stereocenters. The maximum Gasteiger partial charge on any atom is 0.164 e. The Kier molecular flexibility index (Phi) is 54.2. The predicted molar refractivity (Wildman–Crippen MR) is 530 cm³/mol. The Labute approximate surface area is 763 Å². The molecule has 126 heavy (non-hydrogen) atoms. The van der Waals surface area contributed by atoms with E-state index in [4.69, 9.17) is 67.8 Å². The third-order valence-electron chi connectivity index (χ3n) is 26.2. The molecule has 5 heterocycles. The summed E-state index contributed by atoms with van der Waals surface area (Å²) in [6.45, 7) is 14.9. The van der Waals surface area contributed by atoms with Crippen LogP contribution < -0.4 is 9.47 Å². The number of H-pyrrole nitrogens is 2. The lowest BCUT2D eigenvalue weighted by molar-refractivity contribution is 0.0180. The highest BCUT2D eigenvalue weighted by Crippen LogP contribution is 2.41. The SMILES string of the molecule is CCCCCCCCCCCCCCCCc1cc2c3nc4nc(nc5[nH]c(nc6nc(nc([nH]3)c2cc1CCCCCCCCCCCCCCCC)-c1ccc(OCCOCCOCCOC)cc1-6)c1cc(CCCCCCCCCCCCCCCC)c(CCCCCCCCCCCCCCCC)cc51)-c1cc(OCCOCCOCCOC)ccc1-4. The van der Waals surface area contributed by atoms with Crippen LogP contribution in [-0.2, 0) is 54.1 Å². The highest BCUT2D eigenvalue weighted by atomic mass is 16.6. The average Bonchev–Trinajstić information content (AvgIpc) is 1.59. The second kappa shape index (κ2) is 66.0. The molecule has 2 aliphatic rings. The van der Waals surface area contributed by atoms with Gasteiger partial charge >= 0.3 is 0 Å². The highest BCUT2D eigenvalue weighted by molar-refractivity contribution is 6.07. The molecule has 0 saturated carbocycles. The van der Waals surface area contributed by atoms with E-state index in [-0.39, 0.29) is 0 Å². The Morgan fingerprint density at radius 3 is 0.627 bits per heavy atom. The Morgan fingerprint density at radius 2 is 0.405 bits per heavy atom. The summed E-state index contributed by atoms with van der Waals surface area (Å²) in [5.74, 6) is 3.67. The fourth-order valence-corrected chi connectivity index (χ4v) is 18.5. The van der Waals surface area contributed by atoms with Crippen LogP contribution in [0.3, 0.4) is 0 Å². The van der Waals surface area contributed by atoms with Crippen LogP contribution >= 0.6 is 0 Å². The quantitative estimate of drug-likeness (QED) is 0.0343. The minimum absolute atomic E-state index is 0.362. The zero-order valence-corrected chi connectivity index (χ0v) is 80.6. The molecule has 2 N–H and O–H groups in total.